The lowest BCUT2D eigenvalue weighted by Crippen LogP contribution is -3.30. The van der Waals surface area contributed by atoms with Gasteiger partial charge in [0.1, 0.15) is 50.8 Å². The van der Waals surface area contributed by atoms with Gasteiger partial charge in [-0.05, 0) is 63.1 Å². The minimum Gasteiger partial charge on any atom is -0.497 e. The summed E-state index contributed by atoms with van der Waals surface area (Å²) in [6, 6.07) is 11.9. The molecule has 1 heterocycles. The number of ether oxygens (including phenoxy) is 2. The molecule has 1 aliphatic heterocycles. The Kier molecular flexibility index (Phi) is 7.93. The lowest BCUT2D eigenvalue weighted by atomic mass is 10.0. The van der Waals surface area contributed by atoms with Gasteiger partial charge in [-0.1, -0.05) is 17.7 Å². The summed E-state index contributed by atoms with van der Waals surface area (Å²) in [6.45, 7) is 14.0. The van der Waals surface area contributed by atoms with E-state index in [1.807, 2.05) is 31.2 Å². The summed E-state index contributed by atoms with van der Waals surface area (Å²) in [6.07, 6.45) is 0. The van der Waals surface area contributed by atoms with E-state index in [0.29, 0.717) is 6.61 Å². The van der Waals surface area contributed by atoms with Crippen LogP contribution in [0.4, 0.5) is 5.69 Å². The molecule has 3 rings (SSSR count). The smallest absolute Gasteiger partial charge is 0.282 e. The highest BCUT2D eigenvalue weighted by atomic mass is 16.5. The fourth-order valence-corrected chi connectivity index (χ4v) is 4.39. The molecule has 0 radical (unpaired) electrons. The molecule has 0 bridgehead atoms. The number of nitrogens with one attached hydrogen (secondary N) is 3. The fraction of sp³-hybridized carbons (Fsp3) is 0.480. The Bertz CT molecular complexity index is 851. The van der Waals surface area contributed by atoms with E-state index in [1.54, 1.807) is 7.11 Å². The van der Waals surface area contributed by atoms with Gasteiger partial charge in [0.15, 0.2) is 6.04 Å². The largest absolute Gasteiger partial charge is 0.497 e. The molecule has 0 aromatic heterocycles. The predicted octanol–water partition coefficient (Wildman–Crippen LogP) is 0.810. The number of quaternary nitrogens is 2. The van der Waals surface area contributed by atoms with E-state index >= 15 is 0 Å². The highest BCUT2D eigenvalue weighted by Crippen LogP contribution is 2.22. The van der Waals surface area contributed by atoms with Crippen molar-refractivity contribution in [2.24, 2.45) is 0 Å². The Morgan fingerprint density at radius 3 is 2.16 bits per heavy atom. The first-order valence-electron chi connectivity index (χ1n) is 11.2. The van der Waals surface area contributed by atoms with Crippen LogP contribution in [0.2, 0.25) is 0 Å². The molecule has 1 fully saturated rings. The normalized spacial score (nSPS) is 19.5. The number of hydrogen-bond acceptors (Lipinski definition) is 3. The molecule has 1 amide bonds. The standard InChI is InChI=1S/C25H35N3O3/c1-18-16-19(2)24(20(3)17-18)26-25(29)21(4)28-12-10-27(11-13-28)14-15-31-23-8-6-22(30-5)7-9-23/h6-9,16-17,21H,10-15H2,1-5H3,(H,26,29)/p+2/t21-/m0/s1. The Labute approximate surface area is 186 Å². The molecule has 0 spiro atoms. The molecule has 1 aliphatic rings. The monoisotopic (exact) mass is 427 g/mol. The van der Waals surface area contributed by atoms with Crippen molar-refractivity contribution in [2.45, 2.75) is 33.7 Å². The van der Waals surface area contributed by atoms with Crippen LogP contribution in [0, 0.1) is 20.8 Å². The zero-order valence-electron chi connectivity index (χ0n) is 19.5. The van der Waals surface area contributed by atoms with Crippen molar-refractivity contribution < 1.29 is 24.1 Å². The van der Waals surface area contributed by atoms with Crippen LogP contribution in [0.5, 0.6) is 11.5 Å². The van der Waals surface area contributed by atoms with Crippen LogP contribution in [-0.2, 0) is 4.79 Å². The molecule has 0 aliphatic carbocycles. The third kappa shape index (κ3) is 6.21. The average molecular weight is 428 g/mol. The Hall–Kier alpha value is -2.57. The highest BCUT2D eigenvalue weighted by Gasteiger charge is 2.31. The number of rotatable bonds is 8. The topological polar surface area (TPSA) is 56.4 Å². The first kappa shape index (κ1) is 23.1. The van der Waals surface area contributed by atoms with Crippen LogP contribution < -0.4 is 24.6 Å². The van der Waals surface area contributed by atoms with E-state index in [-0.39, 0.29) is 11.9 Å². The van der Waals surface area contributed by atoms with E-state index in [9.17, 15) is 4.79 Å². The van der Waals surface area contributed by atoms with Gasteiger partial charge in [0.2, 0.25) is 0 Å². The van der Waals surface area contributed by atoms with E-state index in [1.165, 1.54) is 15.4 Å². The zero-order valence-corrected chi connectivity index (χ0v) is 19.5. The number of amides is 1. The first-order valence-corrected chi connectivity index (χ1v) is 11.2. The van der Waals surface area contributed by atoms with Gasteiger partial charge < -0.3 is 24.6 Å². The van der Waals surface area contributed by atoms with E-state index in [2.05, 4.69) is 38.2 Å². The van der Waals surface area contributed by atoms with Crippen molar-refractivity contribution in [3.63, 3.8) is 0 Å². The van der Waals surface area contributed by atoms with Crippen molar-refractivity contribution in [2.75, 3.05) is 51.8 Å². The zero-order chi connectivity index (χ0) is 22.4. The first-order chi connectivity index (χ1) is 14.9. The van der Waals surface area contributed by atoms with Crippen molar-refractivity contribution in [3.05, 3.63) is 53.1 Å². The molecule has 1 atom stereocenters. The molecule has 6 heteroatoms. The molecule has 168 valence electrons. The van der Waals surface area contributed by atoms with Crippen LogP contribution in [0.15, 0.2) is 36.4 Å². The summed E-state index contributed by atoms with van der Waals surface area (Å²) in [5.74, 6) is 1.82. The van der Waals surface area contributed by atoms with Crippen molar-refractivity contribution >= 4 is 11.6 Å². The van der Waals surface area contributed by atoms with Gasteiger partial charge in [0.25, 0.3) is 5.91 Å². The van der Waals surface area contributed by atoms with Crippen LogP contribution in [0.3, 0.4) is 0 Å². The maximum atomic E-state index is 12.9. The van der Waals surface area contributed by atoms with Gasteiger partial charge in [0, 0.05) is 5.69 Å². The number of carbonyl (C=O) groups is 1. The minimum absolute atomic E-state index is 0.0581. The molecule has 0 unspecified atom stereocenters. The van der Waals surface area contributed by atoms with Gasteiger partial charge in [-0.2, -0.15) is 0 Å². The van der Waals surface area contributed by atoms with Crippen LogP contribution in [0.25, 0.3) is 0 Å². The molecule has 2 aromatic rings. The molecule has 1 saturated heterocycles. The second-order valence-corrected chi connectivity index (χ2v) is 8.67. The maximum Gasteiger partial charge on any atom is 0.282 e. The van der Waals surface area contributed by atoms with Gasteiger partial charge in [-0.15, -0.1) is 0 Å². The number of anilines is 1. The summed E-state index contributed by atoms with van der Waals surface area (Å²) in [7, 11) is 1.66. The van der Waals surface area contributed by atoms with Crippen molar-refractivity contribution in [3.8, 4) is 11.5 Å². The second kappa shape index (κ2) is 10.6. The summed E-state index contributed by atoms with van der Waals surface area (Å²) >= 11 is 0. The Morgan fingerprint density at radius 1 is 1.00 bits per heavy atom. The number of methoxy groups -OCH3 is 1. The molecule has 2 aromatic carbocycles. The lowest BCUT2D eigenvalue weighted by Gasteiger charge is -2.32. The lowest BCUT2D eigenvalue weighted by molar-refractivity contribution is -1.02. The number of aryl methyl sites for hydroxylation is 3. The molecule has 0 saturated carbocycles. The van der Waals surface area contributed by atoms with Gasteiger partial charge in [-0.25, -0.2) is 0 Å². The third-order valence-electron chi connectivity index (χ3n) is 6.31. The third-order valence-corrected chi connectivity index (χ3v) is 6.31. The van der Waals surface area contributed by atoms with Crippen molar-refractivity contribution in [1.29, 1.82) is 0 Å². The maximum absolute atomic E-state index is 12.9. The fourth-order valence-electron chi connectivity index (χ4n) is 4.39. The quantitative estimate of drug-likeness (QED) is 0.585. The predicted molar refractivity (Wildman–Crippen MR) is 123 cm³/mol. The number of piperazine rings is 1. The number of benzene rings is 2. The Balaban J connectivity index is 1.42. The highest BCUT2D eigenvalue weighted by molar-refractivity contribution is 5.95. The average Bonchev–Trinajstić information content (AvgIpc) is 2.76. The van der Waals surface area contributed by atoms with Gasteiger partial charge in [0.05, 0.1) is 7.11 Å². The van der Waals surface area contributed by atoms with Gasteiger partial charge >= 0.3 is 0 Å². The minimum atomic E-state index is -0.0581. The molecular formula is C25H37N3O3+2. The SMILES string of the molecule is COc1ccc(OCC[NH+]2CC[NH+]([C@@H](C)C(=O)Nc3c(C)cc(C)cc3C)CC2)cc1. The molecular weight excluding hydrogens is 390 g/mol. The van der Waals surface area contributed by atoms with Crippen LogP contribution in [-0.4, -0.2) is 58.4 Å². The van der Waals surface area contributed by atoms with Crippen LogP contribution >= 0.6 is 0 Å². The van der Waals surface area contributed by atoms with E-state index in [4.69, 9.17) is 9.47 Å². The Morgan fingerprint density at radius 2 is 1.58 bits per heavy atom. The summed E-state index contributed by atoms with van der Waals surface area (Å²) in [4.78, 5) is 15.8. The van der Waals surface area contributed by atoms with E-state index < -0.39 is 0 Å². The second-order valence-electron chi connectivity index (χ2n) is 8.67. The van der Waals surface area contributed by atoms with Crippen molar-refractivity contribution in [1.82, 2.24) is 0 Å². The van der Waals surface area contributed by atoms with Crippen LogP contribution in [0.1, 0.15) is 23.6 Å². The summed E-state index contributed by atoms with van der Waals surface area (Å²) in [5, 5.41) is 3.18. The number of hydrogen-bond donors (Lipinski definition) is 3. The molecule has 6 nitrogen and oxygen atoms in total. The summed E-state index contributed by atoms with van der Waals surface area (Å²) in [5.41, 5.74) is 4.43. The van der Waals surface area contributed by atoms with E-state index in [0.717, 1.165) is 61.0 Å². The summed E-state index contributed by atoms with van der Waals surface area (Å²) < 4.78 is 11.0. The van der Waals surface area contributed by atoms with Gasteiger partial charge in [-0.3, -0.25) is 4.79 Å². The molecule has 31 heavy (non-hydrogen) atoms. The number of carbonyl (C=O) groups excluding carboxylic acids is 1. The molecule has 3 N–H and O–H groups in total.